The van der Waals surface area contributed by atoms with E-state index in [1.165, 1.54) is 25.7 Å². The molecule has 0 saturated carbocycles. The van der Waals surface area contributed by atoms with Crippen molar-refractivity contribution in [1.29, 1.82) is 0 Å². The van der Waals surface area contributed by atoms with Crippen LogP contribution in [-0.2, 0) is 4.79 Å². The molecule has 0 aliphatic rings. The molecule has 106 valence electrons. The number of para-hydroxylation sites is 1. The molecule has 0 atom stereocenters. The largest absolute Gasteiger partial charge is 0.365 e. The zero-order chi connectivity index (χ0) is 13.9. The second-order valence-electron chi connectivity index (χ2n) is 4.96. The Morgan fingerprint density at radius 3 is 2.47 bits per heavy atom. The van der Waals surface area contributed by atoms with Crippen LogP contribution in [0.3, 0.4) is 0 Å². The summed E-state index contributed by atoms with van der Waals surface area (Å²) in [4.78, 5) is 13.7. The van der Waals surface area contributed by atoms with Crippen molar-refractivity contribution in [2.75, 3.05) is 25.0 Å². The maximum Gasteiger partial charge on any atom is 0.239 e. The second-order valence-corrected chi connectivity index (χ2v) is 4.96. The minimum atomic E-state index is 0.0989. The highest BCUT2D eigenvalue weighted by Crippen LogP contribution is 2.09. The molecule has 0 aliphatic heterocycles. The van der Waals surface area contributed by atoms with E-state index in [2.05, 4.69) is 12.2 Å². The molecule has 0 heterocycles. The minimum absolute atomic E-state index is 0.0989. The molecule has 0 bridgehead atoms. The summed E-state index contributed by atoms with van der Waals surface area (Å²) in [5.41, 5.74) is 1.07. The standard InChI is InChI=1S/C16H26N2O/c1-3-4-5-6-10-13-17-16(19)14-18(2)15-11-8-7-9-12-15/h7-9,11-12H,3-6,10,13-14H2,1-2H3,(H,17,19). The highest BCUT2D eigenvalue weighted by atomic mass is 16.2. The van der Waals surface area contributed by atoms with Crippen LogP contribution in [0.15, 0.2) is 30.3 Å². The average Bonchev–Trinajstić information content (AvgIpc) is 2.43. The molecule has 1 rings (SSSR count). The molecule has 0 saturated heterocycles. The van der Waals surface area contributed by atoms with Crippen LogP contribution in [0, 0.1) is 0 Å². The summed E-state index contributed by atoms with van der Waals surface area (Å²) in [5, 5.41) is 2.98. The third-order valence-electron chi connectivity index (χ3n) is 3.18. The van der Waals surface area contributed by atoms with Crippen LogP contribution >= 0.6 is 0 Å². The quantitative estimate of drug-likeness (QED) is 0.693. The average molecular weight is 262 g/mol. The van der Waals surface area contributed by atoms with Crippen molar-refractivity contribution in [2.45, 2.75) is 39.0 Å². The Kier molecular flexibility index (Phi) is 7.71. The maximum absolute atomic E-state index is 11.8. The van der Waals surface area contributed by atoms with Gasteiger partial charge in [-0.1, -0.05) is 50.8 Å². The first-order valence-electron chi connectivity index (χ1n) is 7.27. The number of anilines is 1. The van der Waals surface area contributed by atoms with E-state index in [9.17, 15) is 4.79 Å². The fourth-order valence-electron chi connectivity index (χ4n) is 2.00. The predicted octanol–water partition coefficient (Wildman–Crippen LogP) is 3.21. The number of carbonyl (C=O) groups is 1. The number of amides is 1. The molecule has 1 amide bonds. The smallest absolute Gasteiger partial charge is 0.239 e. The Morgan fingerprint density at radius 1 is 1.11 bits per heavy atom. The number of rotatable bonds is 9. The van der Waals surface area contributed by atoms with E-state index >= 15 is 0 Å². The van der Waals surface area contributed by atoms with Crippen molar-refractivity contribution < 1.29 is 4.79 Å². The van der Waals surface area contributed by atoms with Gasteiger partial charge in [0.15, 0.2) is 0 Å². The van der Waals surface area contributed by atoms with Gasteiger partial charge in [0.05, 0.1) is 6.54 Å². The van der Waals surface area contributed by atoms with Crippen LogP contribution in [0.25, 0.3) is 0 Å². The summed E-state index contributed by atoms with van der Waals surface area (Å²) in [5.74, 6) is 0.0989. The molecule has 0 fully saturated rings. The van der Waals surface area contributed by atoms with Crippen LogP contribution < -0.4 is 10.2 Å². The molecule has 0 unspecified atom stereocenters. The number of carbonyl (C=O) groups excluding carboxylic acids is 1. The molecule has 0 aromatic heterocycles. The van der Waals surface area contributed by atoms with Crippen molar-refractivity contribution in [3.05, 3.63) is 30.3 Å². The molecule has 19 heavy (non-hydrogen) atoms. The fraction of sp³-hybridized carbons (Fsp3) is 0.562. The van der Waals surface area contributed by atoms with E-state index in [0.29, 0.717) is 6.54 Å². The number of benzene rings is 1. The molecule has 0 aliphatic carbocycles. The zero-order valence-electron chi connectivity index (χ0n) is 12.2. The van der Waals surface area contributed by atoms with Crippen LogP contribution in [-0.4, -0.2) is 26.0 Å². The van der Waals surface area contributed by atoms with Gasteiger partial charge >= 0.3 is 0 Å². The number of likely N-dealkylation sites (N-methyl/N-ethyl adjacent to an activating group) is 1. The lowest BCUT2D eigenvalue weighted by Gasteiger charge is -2.18. The molecule has 0 radical (unpaired) electrons. The van der Waals surface area contributed by atoms with Crippen LogP contribution in [0.2, 0.25) is 0 Å². The van der Waals surface area contributed by atoms with Gasteiger partial charge in [0.1, 0.15) is 0 Å². The molecule has 3 heteroatoms. The number of nitrogens with zero attached hydrogens (tertiary/aromatic N) is 1. The summed E-state index contributed by atoms with van der Waals surface area (Å²) in [7, 11) is 1.94. The van der Waals surface area contributed by atoms with E-state index in [0.717, 1.165) is 18.7 Å². The third kappa shape index (κ3) is 6.85. The zero-order valence-corrected chi connectivity index (χ0v) is 12.2. The summed E-state index contributed by atoms with van der Waals surface area (Å²) in [6.45, 7) is 3.42. The van der Waals surface area contributed by atoms with E-state index in [1.54, 1.807) is 0 Å². The summed E-state index contributed by atoms with van der Waals surface area (Å²) >= 11 is 0. The van der Waals surface area contributed by atoms with Gasteiger partial charge in [-0.3, -0.25) is 4.79 Å². The van der Waals surface area contributed by atoms with Crippen molar-refractivity contribution in [3.8, 4) is 0 Å². The number of hydrogen-bond donors (Lipinski definition) is 1. The SMILES string of the molecule is CCCCCCCNC(=O)CN(C)c1ccccc1. The monoisotopic (exact) mass is 262 g/mol. The highest BCUT2D eigenvalue weighted by Gasteiger charge is 2.06. The molecule has 1 aromatic rings. The van der Waals surface area contributed by atoms with Gasteiger partial charge in [0.2, 0.25) is 5.91 Å². The van der Waals surface area contributed by atoms with Gasteiger partial charge in [-0.2, -0.15) is 0 Å². The summed E-state index contributed by atoms with van der Waals surface area (Å²) in [6.07, 6.45) is 6.12. The van der Waals surface area contributed by atoms with E-state index in [4.69, 9.17) is 0 Å². The fourth-order valence-corrected chi connectivity index (χ4v) is 2.00. The van der Waals surface area contributed by atoms with E-state index in [-0.39, 0.29) is 5.91 Å². The Morgan fingerprint density at radius 2 is 1.79 bits per heavy atom. The lowest BCUT2D eigenvalue weighted by atomic mass is 10.1. The lowest BCUT2D eigenvalue weighted by Crippen LogP contribution is -2.35. The predicted molar refractivity (Wildman–Crippen MR) is 81.5 cm³/mol. The Bertz CT molecular complexity index is 351. The Labute approximate surface area is 117 Å². The second kappa shape index (κ2) is 9.42. The van der Waals surface area contributed by atoms with Gasteiger partial charge < -0.3 is 10.2 Å². The first kappa shape index (κ1) is 15.5. The first-order valence-corrected chi connectivity index (χ1v) is 7.27. The molecular weight excluding hydrogens is 236 g/mol. The van der Waals surface area contributed by atoms with Gasteiger partial charge in [0, 0.05) is 19.3 Å². The van der Waals surface area contributed by atoms with Gasteiger partial charge in [-0.15, -0.1) is 0 Å². The molecular formula is C16H26N2O. The normalized spacial score (nSPS) is 10.2. The molecule has 3 nitrogen and oxygen atoms in total. The third-order valence-corrected chi connectivity index (χ3v) is 3.18. The molecule has 1 N–H and O–H groups in total. The Hall–Kier alpha value is -1.51. The summed E-state index contributed by atoms with van der Waals surface area (Å²) < 4.78 is 0. The summed E-state index contributed by atoms with van der Waals surface area (Å²) in [6, 6.07) is 9.97. The van der Waals surface area contributed by atoms with Crippen molar-refractivity contribution in [2.24, 2.45) is 0 Å². The lowest BCUT2D eigenvalue weighted by molar-refractivity contribution is -0.119. The first-order chi connectivity index (χ1) is 9.24. The maximum atomic E-state index is 11.8. The van der Waals surface area contributed by atoms with E-state index < -0.39 is 0 Å². The van der Waals surface area contributed by atoms with Gasteiger partial charge in [-0.05, 0) is 18.6 Å². The minimum Gasteiger partial charge on any atom is -0.365 e. The molecule has 0 spiro atoms. The van der Waals surface area contributed by atoms with Crippen LogP contribution in [0.1, 0.15) is 39.0 Å². The number of hydrogen-bond acceptors (Lipinski definition) is 2. The number of nitrogens with one attached hydrogen (secondary N) is 1. The van der Waals surface area contributed by atoms with Crippen LogP contribution in [0.5, 0.6) is 0 Å². The highest BCUT2D eigenvalue weighted by molar-refractivity contribution is 5.81. The van der Waals surface area contributed by atoms with Gasteiger partial charge in [0.25, 0.3) is 0 Å². The van der Waals surface area contributed by atoms with E-state index in [1.807, 2.05) is 42.3 Å². The Balaban J connectivity index is 2.14. The number of unbranched alkanes of at least 4 members (excludes halogenated alkanes) is 4. The van der Waals surface area contributed by atoms with Crippen molar-refractivity contribution in [3.63, 3.8) is 0 Å². The van der Waals surface area contributed by atoms with Crippen molar-refractivity contribution >= 4 is 11.6 Å². The van der Waals surface area contributed by atoms with Gasteiger partial charge in [-0.25, -0.2) is 0 Å². The van der Waals surface area contributed by atoms with Crippen molar-refractivity contribution in [1.82, 2.24) is 5.32 Å². The van der Waals surface area contributed by atoms with Crippen LogP contribution in [0.4, 0.5) is 5.69 Å². The molecule has 1 aromatic carbocycles. The topological polar surface area (TPSA) is 32.3 Å².